The number of nitrogens with zero attached hydrogens (tertiary/aromatic N) is 1. The Morgan fingerprint density at radius 1 is 1.33 bits per heavy atom. The molecule has 0 atom stereocenters. The third kappa shape index (κ3) is 2.05. The van der Waals surface area contributed by atoms with Crippen molar-refractivity contribution in [3.8, 4) is 11.3 Å². The Bertz CT molecular complexity index is 508. The normalized spacial score (nSPS) is 10.7. The van der Waals surface area contributed by atoms with Crippen LogP contribution >= 0.6 is 39.1 Å². The third-order valence-electron chi connectivity index (χ3n) is 2.06. The summed E-state index contributed by atoms with van der Waals surface area (Å²) in [5.74, 6) is 0. The van der Waals surface area contributed by atoms with Crippen LogP contribution < -0.4 is 0 Å². The summed E-state index contributed by atoms with van der Waals surface area (Å²) in [5.41, 5.74) is 2.63. The van der Waals surface area contributed by atoms with Gasteiger partial charge in [-0.05, 0) is 41.1 Å². The molecule has 0 spiro atoms. The molecule has 78 valence electrons. The van der Waals surface area contributed by atoms with E-state index in [-0.39, 0.29) is 0 Å². The molecule has 0 fully saturated rings. The van der Waals surface area contributed by atoms with E-state index in [1.807, 2.05) is 13.0 Å². The predicted octanol–water partition coefficient (Wildman–Crippen LogP) is 4.45. The number of H-pyrrole nitrogens is 1. The standard InChI is InChI=1S/C10H7BrCl2N2/c1-5-9(11)10(15-14-5)7-3-2-6(12)4-8(7)13/h2-4H,1H3,(H,14,15). The highest BCUT2D eigenvalue weighted by Crippen LogP contribution is 2.34. The third-order valence-corrected chi connectivity index (χ3v) is 3.58. The zero-order valence-corrected chi connectivity index (χ0v) is 10.9. The molecule has 1 aromatic carbocycles. The van der Waals surface area contributed by atoms with Crippen LogP contribution in [-0.4, -0.2) is 10.2 Å². The number of aromatic nitrogens is 2. The number of halogens is 3. The van der Waals surface area contributed by atoms with Gasteiger partial charge in [-0.3, -0.25) is 5.10 Å². The highest BCUT2D eigenvalue weighted by Gasteiger charge is 2.12. The first-order valence-electron chi connectivity index (χ1n) is 4.25. The summed E-state index contributed by atoms with van der Waals surface area (Å²) in [6.07, 6.45) is 0. The van der Waals surface area contributed by atoms with Crippen LogP contribution in [0.4, 0.5) is 0 Å². The number of hydrogen-bond acceptors (Lipinski definition) is 1. The Morgan fingerprint density at radius 2 is 2.07 bits per heavy atom. The minimum Gasteiger partial charge on any atom is -0.281 e. The van der Waals surface area contributed by atoms with Crippen LogP contribution in [0.1, 0.15) is 5.69 Å². The maximum absolute atomic E-state index is 6.09. The SMILES string of the molecule is Cc1[nH]nc(-c2ccc(Cl)cc2Cl)c1Br. The van der Waals surface area contributed by atoms with Gasteiger partial charge in [-0.25, -0.2) is 0 Å². The quantitative estimate of drug-likeness (QED) is 0.828. The Balaban J connectivity index is 2.59. The number of hydrogen-bond donors (Lipinski definition) is 1. The van der Waals surface area contributed by atoms with Gasteiger partial charge in [-0.1, -0.05) is 23.2 Å². The second kappa shape index (κ2) is 4.16. The van der Waals surface area contributed by atoms with Crippen molar-refractivity contribution in [2.45, 2.75) is 6.92 Å². The minimum absolute atomic E-state index is 0.592. The maximum atomic E-state index is 6.09. The first-order chi connectivity index (χ1) is 7.09. The molecule has 1 aromatic heterocycles. The van der Waals surface area contributed by atoms with E-state index in [0.29, 0.717) is 10.0 Å². The zero-order chi connectivity index (χ0) is 11.0. The van der Waals surface area contributed by atoms with Crippen molar-refractivity contribution in [3.05, 3.63) is 38.4 Å². The van der Waals surface area contributed by atoms with Gasteiger partial charge in [0.2, 0.25) is 0 Å². The van der Waals surface area contributed by atoms with E-state index in [1.54, 1.807) is 12.1 Å². The van der Waals surface area contributed by atoms with Gasteiger partial charge in [-0.15, -0.1) is 0 Å². The molecule has 1 heterocycles. The van der Waals surface area contributed by atoms with E-state index in [2.05, 4.69) is 26.1 Å². The molecule has 0 saturated heterocycles. The van der Waals surface area contributed by atoms with Crippen LogP contribution in [0.25, 0.3) is 11.3 Å². The summed E-state index contributed by atoms with van der Waals surface area (Å²) in [5, 5.41) is 8.28. The lowest BCUT2D eigenvalue weighted by atomic mass is 10.1. The van der Waals surface area contributed by atoms with Crippen LogP contribution in [0, 0.1) is 6.92 Å². The van der Waals surface area contributed by atoms with Crippen LogP contribution in [-0.2, 0) is 0 Å². The van der Waals surface area contributed by atoms with Gasteiger partial charge in [0.15, 0.2) is 0 Å². The zero-order valence-electron chi connectivity index (χ0n) is 7.81. The Hall–Kier alpha value is -0.510. The average Bonchev–Trinajstić information content (AvgIpc) is 2.49. The van der Waals surface area contributed by atoms with Crippen LogP contribution in [0.15, 0.2) is 22.7 Å². The Labute approximate surface area is 106 Å². The number of aryl methyl sites for hydroxylation is 1. The number of aromatic amines is 1. The molecule has 0 saturated carbocycles. The van der Waals surface area contributed by atoms with E-state index in [1.165, 1.54) is 0 Å². The molecule has 2 nitrogen and oxygen atoms in total. The first kappa shape index (κ1) is 11.0. The van der Waals surface area contributed by atoms with E-state index >= 15 is 0 Å². The van der Waals surface area contributed by atoms with Gasteiger partial charge in [-0.2, -0.15) is 5.10 Å². The Kier molecular flexibility index (Phi) is 3.05. The summed E-state index contributed by atoms with van der Waals surface area (Å²) in [6, 6.07) is 5.35. The van der Waals surface area contributed by atoms with Crippen LogP contribution in [0.2, 0.25) is 10.0 Å². The highest BCUT2D eigenvalue weighted by molar-refractivity contribution is 9.10. The van der Waals surface area contributed by atoms with Crippen molar-refractivity contribution in [2.75, 3.05) is 0 Å². The predicted molar refractivity (Wildman–Crippen MR) is 66.5 cm³/mol. The molecule has 1 N–H and O–H groups in total. The van der Waals surface area contributed by atoms with E-state index in [9.17, 15) is 0 Å². The minimum atomic E-state index is 0.592. The molecule has 0 amide bonds. The summed E-state index contributed by atoms with van der Waals surface area (Å²) >= 11 is 15.4. The fourth-order valence-electron chi connectivity index (χ4n) is 1.28. The van der Waals surface area contributed by atoms with Gasteiger partial charge >= 0.3 is 0 Å². The lowest BCUT2D eigenvalue weighted by Gasteiger charge is -2.01. The van der Waals surface area contributed by atoms with Crippen molar-refractivity contribution in [1.29, 1.82) is 0 Å². The Morgan fingerprint density at radius 3 is 2.60 bits per heavy atom. The van der Waals surface area contributed by atoms with E-state index < -0.39 is 0 Å². The van der Waals surface area contributed by atoms with Crippen LogP contribution in [0.5, 0.6) is 0 Å². The van der Waals surface area contributed by atoms with Crippen molar-refractivity contribution in [3.63, 3.8) is 0 Å². The lowest BCUT2D eigenvalue weighted by Crippen LogP contribution is -1.81. The fraction of sp³-hybridized carbons (Fsp3) is 0.100. The topological polar surface area (TPSA) is 28.7 Å². The molecule has 0 aliphatic heterocycles. The smallest absolute Gasteiger partial charge is 0.108 e. The lowest BCUT2D eigenvalue weighted by molar-refractivity contribution is 1.05. The largest absolute Gasteiger partial charge is 0.281 e. The summed E-state index contributed by atoms with van der Waals surface area (Å²) in [6.45, 7) is 1.93. The molecular formula is C10H7BrCl2N2. The summed E-state index contributed by atoms with van der Waals surface area (Å²) < 4.78 is 0.923. The molecule has 0 aliphatic carbocycles. The van der Waals surface area contributed by atoms with Crippen molar-refractivity contribution in [2.24, 2.45) is 0 Å². The van der Waals surface area contributed by atoms with Gasteiger partial charge in [0.1, 0.15) is 5.69 Å². The fourth-order valence-corrected chi connectivity index (χ4v) is 2.16. The molecule has 2 aromatic rings. The van der Waals surface area contributed by atoms with Gasteiger partial charge in [0.05, 0.1) is 9.50 Å². The van der Waals surface area contributed by atoms with Gasteiger partial charge in [0, 0.05) is 16.3 Å². The first-order valence-corrected chi connectivity index (χ1v) is 5.80. The average molecular weight is 306 g/mol. The van der Waals surface area contributed by atoms with Crippen molar-refractivity contribution < 1.29 is 0 Å². The molecule has 2 rings (SSSR count). The van der Waals surface area contributed by atoms with Gasteiger partial charge in [0.25, 0.3) is 0 Å². The second-order valence-corrected chi connectivity index (χ2v) is 4.77. The van der Waals surface area contributed by atoms with E-state index in [4.69, 9.17) is 23.2 Å². The summed E-state index contributed by atoms with van der Waals surface area (Å²) in [4.78, 5) is 0. The molecule has 0 bridgehead atoms. The van der Waals surface area contributed by atoms with Crippen molar-refractivity contribution >= 4 is 39.1 Å². The van der Waals surface area contributed by atoms with Gasteiger partial charge < -0.3 is 0 Å². The molecule has 15 heavy (non-hydrogen) atoms. The monoisotopic (exact) mass is 304 g/mol. The van der Waals surface area contributed by atoms with Crippen molar-refractivity contribution in [1.82, 2.24) is 10.2 Å². The van der Waals surface area contributed by atoms with Crippen LogP contribution in [0.3, 0.4) is 0 Å². The second-order valence-electron chi connectivity index (χ2n) is 3.14. The number of nitrogens with one attached hydrogen (secondary N) is 1. The highest BCUT2D eigenvalue weighted by atomic mass is 79.9. The molecular weight excluding hydrogens is 299 g/mol. The van der Waals surface area contributed by atoms with E-state index in [0.717, 1.165) is 21.4 Å². The number of benzene rings is 1. The molecule has 0 radical (unpaired) electrons. The number of rotatable bonds is 1. The molecule has 5 heteroatoms. The summed E-state index contributed by atoms with van der Waals surface area (Å²) in [7, 11) is 0. The molecule has 0 unspecified atom stereocenters. The maximum Gasteiger partial charge on any atom is 0.108 e. The molecule has 0 aliphatic rings.